The Hall–Kier alpha value is -3.10. The van der Waals surface area contributed by atoms with Crippen molar-refractivity contribution in [3.05, 3.63) is 59.7 Å². The van der Waals surface area contributed by atoms with Gasteiger partial charge in [0.05, 0.1) is 13.2 Å². The molecule has 2 rings (SSSR count). The molecule has 0 aliphatic heterocycles. The highest BCUT2D eigenvalue weighted by Crippen LogP contribution is 2.16. The van der Waals surface area contributed by atoms with Crippen LogP contribution in [-0.2, 0) is 20.7 Å². The Morgan fingerprint density at radius 1 is 1.00 bits per heavy atom. The molecule has 2 amide bonds. The Bertz CT molecular complexity index is 903. The predicted molar refractivity (Wildman–Crippen MR) is 136 cm³/mol. The lowest BCUT2D eigenvalue weighted by atomic mass is 10.1. The summed E-state index contributed by atoms with van der Waals surface area (Å²) in [7, 11) is 0. The summed E-state index contributed by atoms with van der Waals surface area (Å²) in [5, 5.41) is 12.2. The fourth-order valence-electron chi connectivity index (χ4n) is 3.37. The van der Waals surface area contributed by atoms with Crippen molar-refractivity contribution in [2.24, 2.45) is 0 Å². The van der Waals surface area contributed by atoms with Gasteiger partial charge in [-0.1, -0.05) is 43.7 Å². The third kappa shape index (κ3) is 10.4. The number of carbonyl (C=O) groups is 2. The molecule has 0 aliphatic carbocycles. The molecule has 0 fully saturated rings. The van der Waals surface area contributed by atoms with Crippen LogP contribution >= 0.6 is 0 Å². The average Bonchev–Trinajstić information content (AvgIpc) is 2.84. The van der Waals surface area contributed by atoms with E-state index in [1.54, 1.807) is 24.0 Å². The minimum Gasteiger partial charge on any atom is -0.492 e. The summed E-state index contributed by atoms with van der Waals surface area (Å²) >= 11 is 0. The first-order chi connectivity index (χ1) is 16.9. The second kappa shape index (κ2) is 15.7. The number of hydrogen-bond acceptors (Lipinski definition) is 5. The number of anilines is 1. The van der Waals surface area contributed by atoms with Gasteiger partial charge in [0.2, 0.25) is 0 Å². The highest BCUT2D eigenvalue weighted by molar-refractivity contribution is 5.90. The molecule has 35 heavy (non-hydrogen) atoms. The van der Waals surface area contributed by atoms with Crippen LogP contribution < -0.4 is 10.1 Å². The molecule has 8 heteroatoms. The average molecular weight is 487 g/mol. The summed E-state index contributed by atoms with van der Waals surface area (Å²) < 4.78 is 16.8. The molecule has 2 aromatic carbocycles. The van der Waals surface area contributed by atoms with Gasteiger partial charge in [-0.2, -0.15) is 0 Å². The number of benzene rings is 2. The van der Waals surface area contributed by atoms with Crippen molar-refractivity contribution in [1.82, 2.24) is 4.90 Å². The third-order valence-corrected chi connectivity index (χ3v) is 5.44. The summed E-state index contributed by atoms with van der Waals surface area (Å²) in [4.78, 5) is 25.9. The van der Waals surface area contributed by atoms with Gasteiger partial charge in [0.15, 0.2) is 6.10 Å². The molecule has 0 aromatic heterocycles. The van der Waals surface area contributed by atoms with Gasteiger partial charge in [-0.25, -0.2) is 9.59 Å². The van der Waals surface area contributed by atoms with E-state index in [9.17, 15) is 14.7 Å². The fourth-order valence-corrected chi connectivity index (χ4v) is 3.37. The molecular weight excluding hydrogens is 448 g/mol. The number of unbranched alkanes of at least 4 members (excludes halogenated alkanes) is 1. The Morgan fingerprint density at radius 2 is 1.71 bits per heavy atom. The van der Waals surface area contributed by atoms with Crippen molar-refractivity contribution >= 4 is 17.7 Å². The van der Waals surface area contributed by atoms with Crippen molar-refractivity contribution in [2.45, 2.75) is 46.1 Å². The number of carboxylic acid groups (broad SMARTS) is 1. The maximum Gasteiger partial charge on any atom is 0.333 e. The number of rotatable bonds is 16. The van der Waals surface area contributed by atoms with Crippen LogP contribution in [-0.4, -0.2) is 67.6 Å². The summed E-state index contributed by atoms with van der Waals surface area (Å²) in [5.74, 6) is -0.328. The maximum atomic E-state index is 12.9. The monoisotopic (exact) mass is 486 g/mol. The maximum absolute atomic E-state index is 12.9. The number of hydrogen-bond donors (Lipinski definition) is 2. The first kappa shape index (κ1) is 28.1. The van der Waals surface area contributed by atoms with Crippen LogP contribution in [0.3, 0.4) is 0 Å². The molecule has 0 saturated heterocycles. The molecule has 1 atom stereocenters. The number of carboxylic acids is 1. The number of aryl methyl sites for hydroxylation is 1. The summed E-state index contributed by atoms with van der Waals surface area (Å²) in [5.41, 5.74) is 2.62. The molecule has 0 bridgehead atoms. The molecule has 2 aromatic rings. The number of urea groups is 1. The lowest BCUT2D eigenvalue weighted by Crippen LogP contribution is -2.40. The molecule has 1 unspecified atom stereocenters. The number of nitrogens with one attached hydrogen (secondary N) is 1. The van der Waals surface area contributed by atoms with Gasteiger partial charge in [-0.05, 0) is 49.6 Å². The van der Waals surface area contributed by atoms with Crippen molar-refractivity contribution in [1.29, 1.82) is 0 Å². The van der Waals surface area contributed by atoms with Crippen LogP contribution in [0.2, 0.25) is 0 Å². The van der Waals surface area contributed by atoms with Crippen molar-refractivity contribution < 1.29 is 28.9 Å². The lowest BCUT2D eigenvalue weighted by Gasteiger charge is -2.24. The topological polar surface area (TPSA) is 97.3 Å². The summed E-state index contributed by atoms with van der Waals surface area (Å²) in [6.45, 7) is 8.47. The number of carbonyl (C=O) groups excluding carboxylic acids is 1. The summed E-state index contributed by atoms with van der Waals surface area (Å²) in [6.07, 6.45) is 1.47. The fraction of sp³-hybridized carbons (Fsp3) is 0.481. The van der Waals surface area contributed by atoms with Gasteiger partial charge in [0.25, 0.3) is 0 Å². The minimum absolute atomic E-state index is 0.201. The van der Waals surface area contributed by atoms with Gasteiger partial charge in [-0.15, -0.1) is 0 Å². The van der Waals surface area contributed by atoms with Crippen molar-refractivity contribution in [3.8, 4) is 5.75 Å². The SMILES string of the molecule is CCCCOCCN(CCOc1ccc(CC(OCC)C(=O)O)cc1)C(=O)Nc1ccccc1C. The zero-order valence-corrected chi connectivity index (χ0v) is 21.0. The van der Waals surface area contributed by atoms with Crippen LogP contribution in [0.1, 0.15) is 37.8 Å². The zero-order valence-electron chi connectivity index (χ0n) is 21.0. The first-order valence-corrected chi connectivity index (χ1v) is 12.2. The zero-order chi connectivity index (χ0) is 25.5. The Labute approximate surface area is 208 Å². The predicted octanol–water partition coefficient (Wildman–Crippen LogP) is 4.76. The largest absolute Gasteiger partial charge is 0.492 e. The van der Waals surface area contributed by atoms with Crippen LogP contribution in [0.25, 0.3) is 0 Å². The molecule has 192 valence electrons. The Morgan fingerprint density at radius 3 is 2.37 bits per heavy atom. The molecule has 0 spiro atoms. The number of para-hydroxylation sites is 1. The standard InChI is InChI=1S/C27H38N2O6/c1-4-6-17-33-18-15-29(27(32)28-24-10-8-7-9-21(24)3)16-19-35-23-13-11-22(12-14-23)20-25(26(30)31)34-5-2/h7-14,25H,4-6,15-20H2,1-3H3,(H,28,32)(H,30,31). The molecule has 0 radical (unpaired) electrons. The van der Waals surface area contributed by atoms with Crippen LogP contribution in [0.15, 0.2) is 48.5 Å². The van der Waals surface area contributed by atoms with E-state index in [-0.39, 0.29) is 12.5 Å². The number of ether oxygens (including phenoxy) is 3. The van der Waals surface area contributed by atoms with Crippen LogP contribution in [0.5, 0.6) is 5.75 Å². The molecule has 0 aliphatic rings. The second-order valence-corrected chi connectivity index (χ2v) is 8.18. The van der Waals surface area contributed by atoms with Gasteiger partial charge in [-0.3, -0.25) is 0 Å². The van der Waals surface area contributed by atoms with E-state index in [4.69, 9.17) is 14.2 Å². The van der Waals surface area contributed by atoms with E-state index in [2.05, 4.69) is 12.2 Å². The first-order valence-electron chi connectivity index (χ1n) is 12.2. The van der Waals surface area contributed by atoms with Gasteiger partial charge in [0, 0.05) is 31.9 Å². The highest BCUT2D eigenvalue weighted by atomic mass is 16.5. The molecule has 2 N–H and O–H groups in total. The van der Waals surface area contributed by atoms with Crippen molar-refractivity contribution in [2.75, 3.05) is 44.8 Å². The minimum atomic E-state index is -0.977. The number of aliphatic carboxylic acids is 1. The van der Waals surface area contributed by atoms with E-state index in [1.807, 2.05) is 43.3 Å². The van der Waals surface area contributed by atoms with Gasteiger partial charge < -0.3 is 29.5 Å². The quantitative estimate of drug-likeness (QED) is 0.332. The molecular formula is C27H38N2O6. The van der Waals surface area contributed by atoms with Crippen molar-refractivity contribution in [3.63, 3.8) is 0 Å². The molecule has 0 heterocycles. The van der Waals surface area contributed by atoms with Gasteiger partial charge >= 0.3 is 12.0 Å². The van der Waals surface area contributed by atoms with Gasteiger partial charge in [0.1, 0.15) is 12.4 Å². The normalized spacial score (nSPS) is 11.6. The Balaban J connectivity index is 1.91. The van der Waals surface area contributed by atoms with E-state index < -0.39 is 12.1 Å². The van der Waals surface area contributed by atoms with Crippen LogP contribution in [0.4, 0.5) is 10.5 Å². The van der Waals surface area contributed by atoms with E-state index in [1.165, 1.54) is 0 Å². The lowest BCUT2D eigenvalue weighted by molar-refractivity contribution is -0.149. The third-order valence-electron chi connectivity index (χ3n) is 5.44. The van der Waals surface area contributed by atoms with Crippen LogP contribution in [0, 0.1) is 6.92 Å². The van der Waals surface area contributed by atoms with E-state index in [0.29, 0.717) is 45.3 Å². The summed E-state index contributed by atoms with van der Waals surface area (Å²) in [6, 6.07) is 14.7. The number of amides is 2. The number of nitrogens with zero attached hydrogens (tertiary/aromatic N) is 1. The molecule has 0 saturated carbocycles. The van der Waals surface area contributed by atoms with E-state index >= 15 is 0 Å². The highest BCUT2D eigenvalue weighted by Gasteiger charge is 2.18. The van der Waals surface area contributed by atoms with E-state index in [0.717, 1.165) is 29.7 Å². The molecule has 8 nitrogen and oxygen atoms in total. The second-order valence-electron chi connectivity index (χ2n) is 8.18. The smallest absolute Gasteiger partial charge is 0.333 e. The Kier molecular flexibility index (Phi) is 12.7.